The van der Waals surface area contributed by atoms with E-state index in [1.807, 2.05) is 18.2 Å². The number of rotatable bonds is 3. The largest absolute Gasteiger partial charge is 0.345 e. The second-order valence-corrected chi connectivity index (χ2v) is 6.59. The molecule has 1 saturated heterocycles. The van der Waals surface area contributed by atoms with Gasteiger partial charge in [-0.25, -0.2) is 4.98 Å². The molecule has 0 amide bonds. The molecule has 1 N–H and O–H groups in total. The van der Waals surface area contributed by atoms with E-state index in [-0.39, 0.29) is 5.41 Å². The fourth-order valence-corrected chi connectivity index (χ4v) is 3.45. The van der Waals surface area contributed by atoms with Gasteiger partial charge in [0, 0.05) is 12.1 Å². The monoisotopic (exact) mass is 311 g/mol. The first-order valence-corrected chi connectivity index (χ1v) is 8.18. The molecule has 3 aromatic rings. The van der Waals surface area contributed by atoms with E-state index >= 15 is 0 Å². The van der Waals surface area contributed by atoms with Gasteiger partial charge in [0.15, 0.2) is 0 Å². The Kier molecular flexibility index (Phi) is 3.41. The lowest BCUT2D eigenvalue weighted by molar-refractivity contribution is 0.135. The van der Waals surface area contributed by atoms with Gasteiger partial charge >= 0.3 is 0 Å². The normalized spacial score (nSPS) is 22.7. The van der Waals surface area contributed by atoms with Crippen molar-refractivity contribution in [3.05, 3.63) is 30.4 Å². The number of likely N-dealkylation sites (tertiary alicyclic amines) is 1. The number of benzene rings is 1. The zero-order chi connectivity index (χ0) is 15.9. The third kappa shape index (κ3) is 2.53. The predicted octanol–water partition coefficient (Wildman–Crippen LogP) is 2.99. The van der Waals surface area contributed by atoms with E-state index in [0.29, 0.717) is 5.82 Å². The molecule has 1 aliphatic heterocycles. The van der Waals surface area contributed by atoms with Crippen LogP contribution in [0.4, 0.5) is 0 Å². The van der Waals surface area contributed by atoms with Crippen LogP contribution in [0.1, 0.15) is 32.6 Å². The molecule has 0 bridgehead atoms. The zero-order valence-corrected chi connectivity index (χ0v) is 13.5. The van der Waals surface area contributed by atoms with Gasteiger partial charge in [0.2, 0.25) is 11.7 Å². The summed E-state index contributed by atoms with van der Waals surface area (Å²) in [5.41, 5.74) is 2.81. The van der Waals surface area contributed by atoms with E-state index < -0.39 is 0 Å². The molecule has 0 spiro atoms. The number of H-pyrrole nitrogens is 1. The number of nitrogens with zero attached hydrogens (tertiary/aromatic N) is 4. The summed E-state index contributed by atoms with van der Waals surface area (Å²) in [7, 11) is 0. The van der Waals surface area contributed by atoms with Gasteiger partial charge in [0.1, 0.15) is 0 Å². The molecule has 6 nitrogen and oxygen atoms in total. The molecule has 0 aliphatic carbocycles. The number of imidazole rings is 1. The Morgan fingerprint density at radius 1 is 1.39 bits per heavy atom. The van der Waals surface area contributed by atoms with Crippen LogP contribution in [0.15, 0.2) is 29.0 Å². The van der Waals surface area contributed by atoms with Crippen LogP contribution in [-0.2, 0) is 5.41 Å². The highest BCUT2D eigenvalue weighted by atomic mass is 16.5. The third-order valence-electron chi connectivity index (χ3n) is 4.84. The fourth-order valence-electron chi connectivity index (χ4n) is 3.45. The maximum Gasteiger partial charge on any atom is 0.234 e. The summed E-state index contributed by atoms with van der Waals surface area (Å²) in [4.78, 5) is 14.5. The molecule has 1 aromatic carbocycles. The van der Waals surface area contributed by atoms with Crippen molar-refractivity contribution in [2.75, 3.05) is 19.6 Å². The fraction of sp³-hybridized carbons (Fsp3) is 0.471. The average Bonchev–Trinajstić information content (AvgIpc) is 3.23. The zero-order valence-electron chi connectivity index (χ0n) is 13.5. The molecule has 2 aromatic heterocycles. The highest BCUT2D eigenvalue weighted by Gasteiger charge is 2.37. The van der Waals surface area contributed by atoms with E-state index in [0.717, 1.165) is 48.5 Å². The number of hydrogen-bond donors (Lipinski definition) is 1. The molecule has 0 radical (unpaired) electrons. The molecule has 4 rings (SSSR count). The van der Waals surface area contributed by atoms with Crippen LogP contribution in [-0.4, -0.2) is 44.6 Å². The predicted molar refractivity (Wildman–Crippen MR) is 88.1 cm³/mol. The van der Waals surface area contributed by atoms with Crippen molar-refractivity contribution < 1.29 is 4.52 Å². The first-order chi connectivity index (χ1) is 11.2. The van der Waals surface area contributed by atoms with Crippen molar-refractivity contribution in [3.63, 3.8) is 0 Å². The highest BCUT2D eigenvalue weighted by Crippen LogP contribution is 2.33. The van der Waals surface area contributed by atoms with Gasteiger partial charge < -0.3 is 14.4 Å². The minimum atomic E-state index is -0.0579. The van der Waals surface area contributed by atoms with E-state index in [1.54, 1.807) is 6.33 Å². The summed E-state index contributed by atoms with van der Waals surface area (Å²) in [6, 6.07) is 5.97. The Morgan fingerprint density at radius 2 is 2.30 bits per heavy atom. The molecule has 0 saturated carbocycles. The number of piperidine rings is 1. The molecule has 1 unspecified atom stereocenters. The molecule has 1 aliphatic rings. The Balaban J connectivity index is 1.65. The summed E-state index contributed by atoms with van der Waals surface area (Å²) < 4.78 is 5.63. The summed E-state index contributed by atoms with van der Waals surface area (Å²) >= 11 is 0. The Hall–Kier alpha value is -2.21. The van der Waals surface area contributed by atoms with Gasteiger partial charge in [0.05, 0.1) is 22.8 Å². The van der Waals surface area contributed by atoms with Gasteiger partial charge in [-0.3, -0.25) is 0 Å². The van der Waals surface area contributed by atoms with E-state index in [2.05, 4.69) is 33.9 Å². The van der Waals surface area contributed by atoms with Crippen LogP contribution in [0.5, 0.6) is 0 Å². The quantitative estimate of drug-likeness (QED) is 0.805. The summed E-state index contributed by atoms with van der Waals surface area (Å²) in [6.45, 7) is 7.62. The Labute approximate surface area is 134 Å². The smallest absolute Gasteiger partial charge is 0.234 e. The standard InChI is InChI=1S/C17H21N5O/c1-3-22-8-4-7-17(2,10-22)16-20-15(21-23-16)12-5-6-13-14(9-12)19-11-18-13/h5-6,9,11H,3-4,7-8,10H2,1-2H3,(H,18,19). The van der Waals surface area contributed by atoms with E-state index in [9.17, 15) is 0 Å². The summed E-state index contributed by atoms with van der Waals surface area (Å²) in [6.07, 6.45) is 3.95. The number of aromatic amines is 1. The van der Waals surface area contributed by atoms with Crippen molar-refractivity contribution in [1.29, 1.82) is 0 Å². The van der Waals surface area contributed by atoms with E-state index in [4.69, 9.17) is 9.51 Å². The van der Waals surface area contributed by atoms with Gasteiger partial charge in [-0.2, -0.15) is 4.98 Å². The Bertz CT molecular complexity index is 823. The van der Waals surface area contributed by atoms with Crippen molar-refractivity contribution >= 4 is 11.0 Å². The molecule has 6 heteroatoms. The van der Waals surface area contributed by atoms with Crippen molar-refractivity contribution in [2.45, 2.75) is 32.1 Å². The van der Waals surface area contributed by atoms with Crippen molar-refractivity contribution in [2.24, 2.45) is 0 Å². The number of hydrogen-bond acceptors (Lipinski definition) is 5. The average molecular weight is 311 g/mol. The second-order valence-electron chi connectivity index (χ2n) is 6.59. The molecule has 1 fully saturated rings. The SMILES string of the molecule is CCN1CCCC(C)(c2nc(-c3ccc4nc[nH]c4c3)no2)C1. The van der Waals surface area contributed by atoms with Crippen LogP contribution < -0.4 is 0 Å². The number of fused-ring (bicyclic) bond motifs is 1. The van der Waals surface area contributed by atoms with Crippen LogP contribution in [0.25, 0.3) is 22.4 Å². The first-order valence-electron chi connectivity index (χ1n) is 8.18. The number of nitrogens with one attached hydrogen (secondary N) is 1. The lowest BCUT2D eigenvalue weighted by Crippen LogP contribution is -2.44. The number of aromatic nitrogens is 4. The summed E-state index contributed by atoms with van der Waals surface area (Å²) in [5, 5.41) is 4.21. The second kappa shape index (κ2) is 5.45. The van der Waals surface area contributed by atoms with Crippen LogP contribution >= 0.6 is 0 Å². The van der Waals surface area contributed by atoms with Crippen molar-refractivity contribution in [1.82, 2.24) is 25.0 Å². The highest BCUT2D eigenvalue weighted by molar-refractivity contribution is 5.79. The van der Waals surface area contributed by atoms with Gasteiger partial charge in [-0.15, -0.1) is 0 Å². The summed E-state index contributed by atoms with van der Waals surface area (Å²) in [5.74, 6) is 1.39. The third-order valence-corrected chi connectivity index (χ3v) is 4.84. The topological polar surface area (TPSA) is 70.8 Å². The first kappa shape index (κ1) is 14.4. The van der Waals surface area contributed by atoms with Crippen molar-refractivity contribution in [3.8, 4) is 11.4 Å². The van der Waals surface area contributed by atoms with Gasteiger partial charge in [-0.05, 0) is 51.1 Å². The van der Waals surface area contributed by atoms with Gasteiger partial charge in [-0.1, -0.05) is 12.1 Å². The minimum Gasteiger partial charge on any atom is -0.345 e. The van der Waals surface area contributed by atoms with Gasteiger partial charge in [0.25, 0.3) is 0 Å². The molecule has 1 atom stereocenters. The number of likely N-dealkylation sites (N-methyl/N-ethyl adjacent to an activating group) is 1. The molecule has 23 heavy (non-hydrogen) atoms. The van der Waals surface area contributed by atoms with Crippen LogP contribution in [0.3, 0.4) is 0 Å². The maximum absolute atomic E-state index is 5.63. The molecular formula is C17H21N5O. The lowest BCUT2D eigenvalue weighted by atomic mass is 9.81. The molecule has 3 heterocycles. The maximum atomic E-state index is 5.63. The van der Waals surface area contributed by atoms with Crippen LogP contribution in [0, 0.1) is 0 Å². The van der Waals surface area contributed by atoms with Crippen LogP contribution in [0.2, 0.25) is 0 Å². The molecular weight excluding hydrogens is 290 g/mol. The van der Waals surface area contributed by atoms with E-state index in [1.165, 1.54) is 6.42 Å². The lowest BCUT2D eigenvalue weighted by Gasteiger charge is -2.37. The molecule has 120 valence electrons. The minimum absolute atomic E-state index is 0.0579. The Morgan fingerprint density at radius 3 is 3.17 bits per heavy atom.